The first kappa shape index (κ1) is 8.95. The summed E-state index contributed by atoms with van der Waals surface area (Å²) >= 11 is 0. The van der Waals surface area contributed by atoms with Crippen molar-refractivity contribution in [1.82, 2.24) is 0 Å². The van der Waals surface area contributed by atoms with Gasteiger partial charge in [0.05, 0.1) is 11.5 Å². The lowest BCUT2D eigenvalue weighted by Gasteiger charge is -2.00. The molecule has 1 aliphatic heterocycles. The number of hydrogen-bond donors (Lipinski definition) is 1. The topological polar surface area (TPSA) is 88.5 Å². The second-order valence-electron chi connectivity index (χ2n) is 2.54. The molecule has 5 nitrogen and oxygen atoms in total. The van der Waals surface area contributed by atoms with Crippen molar-refractivity contribution >= 4 is 20.0 Å². The van der Waals surface area contributed by atoms with Crippen LogP contribution in [0, 0.1) is 0 Å². The van der Waals surface area contributed by atoms with Crippen LogP contribution in [0.2, 0.25) is 0 Å². The zero-order valence-electron chi connectivity index (χ0n) is 5.60. The standard InChI is InChI=1S/C4H8O5S2/c5-10(6)2-1-4(3-10)11(7,8)9/h4H,1-3H2,(H,7,8,9). The SMILES string of the molecule is O=S1(=O)CCC(S(=O)(=O)O)C1. The lowest BCUT2D eigenvalue weighted by atomic mass is 10.4. The van der Waals surface area contributed by atoms with Crippen molar-refractivity contribution in [2.24, 2.45) is 0 Å². The van der Waals surface area contributed by atoms with Crippen LogP contribution in [0.3, 0.4) is 0 Å². The lowest BCUT2D eigenvalue weighted by Crippen LogP contribution is -2.21. The van der Waals surface area contributed by atoms with Gasteiger partial charge in [-0.3, -0.25) is 4.55 Å². The predicted octanol–water partition coefficient (Wildman–Crippen LogP) is -0.939. The third kappa shape index (κ3) is 2.14. The maximum atomic E-state index is 10.7. The van der Waals surface area contributed by atoms with Gasteiger partial charge in [0.1, 0.15) is 5.25 Å². The summed E-state index contributed by atoms with van der Waals surface area (Å²) in [6, 6.07) is 0. The third-order valence-electron chi connectivity index (χ3n) is 1.61. The van der Waals surface area contributed by atoms with Gasteiger partial charge in [0.25, 0.3) is 10.1 Å². The molecule has 1 fully saturated rings. The molecule has 0 aromatic heterocycles. The second-order valence-corrected chi connectivity index (χ2v) is 6.47. The van der Waals surface area contributed by atoms with Crippen LogP contribution in [0.1, 0.15) is 6.42 Å². The molecule has 66 valence electrons. The third-order valence-corrected chi connectivity index (χ3v) is 4.84. The van der Waals surface area contributed by atoms with Crippen LogP contribution in [-0.4, -0.2) is 38.1 Å². The van der Waals surface area contributed by atoms with Crippen molar-refractivity contribution in [3.8, 4) is 0 Å². The highest BCUT2D eigenvalue weighted by Crippen LogP contribution is 2.17. The summed E-state index contributed by atoms with van der Waals surface area (Å²) < 4.78 is 50.7. The van der Waals surface area contributed by atoms with Gasteiger partial charge < -0.3 is 0 Å². The first-order chi connectivity index (χ1) is 4.81. The first-order valence-electron chi connectivity index (χ1n) is 2.98. The van der Waals surface area contributed by atoms with Crippen LogP contribution >= 0.6 is 0 Å². The summed E-state index contributed by atoms with van der Waals surface area (Å²) in [5.41, 5.74) is 0. The smallest absolute Gasteiger partial charge is 0.268 e. The van der Waals surface area contributed by atoms with Crippen molar-refractivity contribution < 1.29 is 21.4 Å². The quantitative estimate of drug-likeness (QED) is 0.552. The Morgan fingerprint density at radius 3 is 2.09 bits per heavy atom. The van der Waals surface area contributed by atoms with Gasteiger partial charge in [0, 0.05) is 0 Å². The van der Waals surface area contributed by atoms with Crippen molar-refractivity contribution in [2.75, 3.05) is 11.5 Å². The maximum Gasteiger partial charge on any atom is 0.268 e. The molecular weight excluding hydrogens is 192 g/mol. The average molecular weight is 200 g/mol. The van der Waals surface area contributed by atoms with Gasteiger partial charge in [-0.15, -0.1) is 0 Å². The van der Waals surface area contributed by atoms with E-state index in [0.29, 0.717) is 0 Å². The van der Waals surface area contributed by atoms with E-state index in [9.17, 15) is 16.8 Å². The Morgan fingerprint density at radius 2 is 1.91 bits per heavy atom. The summed E-state index contributed by atoms with van der Waals surface area (Å²) in [5.74, 6) is -0.580. The Morgan fingerprint density at radius 1 is 1.36 bits per heavy atom. The largest absolute Gasteiger partial charge is 0.285 e. The summed E-state index contributed by atoms with van der Waals surface area (Å²) in [6.07, 6.45) is 0.0150. The molecule has 1 saturated heterocycles. The van der Waals surface area contributed by atoms with Crippen molar-refractivity contribution in [2.45, 2.75) is 11.7 Å². The van der Waals surface area contributed by atoms with E-state index in [1.165, 1.54) is 0 Å². The Balaban J connectivity index is 2.87. The summed E-state index contributed by atoms with van der Waals surface area (Å²) in [4.78, 5) is 0. The Hall–Kier alpha value is -0.140. The molecule has 1 unspecified atom stereocenters. The van der Waals surface area contributed by atoms with Crippen molar-refractivity contribution in [1.29, 1.82) is 0 Å². The zero-order valence-corrected chi connectivity index (χ0v) is 7.23. The normalized spacial score (nSPS) is 30.5. The molecule has 11 heavy (non-hydrogen) atoms. The van der Waals surface area contributed by atoms with Crippen molar-refractivity contribution in [3.05, 3.63) is 0 Å². The van der Waals surface area contributed by atoms with E-state index < -0.39 is 31.0 Å². The average Bonchev–Trinajstić information content (AvgIpc) is 2.07. The highest BCUT2D eigenvalue weighted by molar-refractivity contribution is 7.94. The molecule has 0 amide bonds. The van der Waals surface area contributed by atoms with Crippen LogP contribution in [0.4, 0.5) is 0 Å². The fourth-order valence-corrected chi connectivity index (χ4v) is 4.41. The Kier molecular flexibility index (Phi) is 1.97. The minimum absolute atomic E-state index is 0.0150. The van der Waals surface area contributed by atoms with Gasteiger partial charge in [-0.2, -0.15) is 8.42 Å². The molecule has 0 bridgehead atoms. The van der Waals surface area contributed by atoms with Gasteiger partial charge in [0.2, 0.25) is 0 Å². The van der Waals surface area contributed by atoms with Gasteiger partial charge in [0.15, 0.2) is 9.84 Å². The number of rotatable bonds is 1. The summed E-state index contributed by atoms with van der Waals surface area (Å²) in [7, 11) is -7.37. The van der Waals surface area contributed by atoms with Crippen LogP contribution in [-0.2, 0) is 20.0 Å². The summed E-state index contributed by atoms with van der Waals surface area (Å²) in [6.45, 7) is 0. The maximum absolute atomic E-state index is 10.7. The molecule has 1 aliphatic rings. The zero-order chi connectivity index (χ0) is 8.70. The molecule has 1 N–H and O–H groups in total. The van der Waals surface area contributed by atoms with Gasteiger partial charge >= 0.3 is 0 Å². The molecule has 1 atom stereocenters. The molecule has 0 aliphatic carbocycles. The molecule has 0 aromatic carbocycles. The van der Waals surface area contributed by atoms with E-state index >= 15 is 0 Å². The van der Waals surface area contributed by atoms with E-state index in [-0.39, 0.29) is 12.2 Å². The van der Waals surface area contributed by atoms with Crippen LogP contribution in [0.5, 0.6) is 0 Å². The Labute approximate surface area is 65.1 Å². The van der Waals surface area contributed by atoms with E-state index in [1.807, 2.05) is 0 Å². The predicted molar refractivity (Wildman–Crippen MR) is 38.6 cm³/mol. The molecule has 0 spiro atoms. The fourth-order valence-electron chi connectivity index (χ4n) is 0.996. The molecule has 0 saturated carbocycles. The van der Waals surface area contributed by atoms with Gasteiger partial charge in [-0.05, 0) is 6.42 Å². The van der Waals surface area contributed by atoms with Crippen LogP contribution < -0.4 is 0 Å². The molecule has 7 heteroatoms. The Bertz CT molecular complexity index is 337. The highest BCUT2D eigenvalue weighted by Gasteiger charge is 2.35. The van der Waals surface area contributed by atoms with E-state index in [1.54, 1.807) is 0 Å². The molecule has 1 rings (SSSR count). The molecule has 1 heterocycles. The fraction of sp³-hybridized carbons (Fsp3) is 1.00. The van der Waals surface area contributed by atoms with E-state index in [4.69, 9.17) is 4.55 Å². The van der Waals surface area contributed by atoms with Crippen molar-refractivity contribution in [3.63, 3.8) is 0 Å². The minimum Gasteiger partial charge on any atom is -0.285 e. The second kappa shape index (κ2) is 2.43. The van der Waals surface area contributed by atoms with Crippen LogP contribution in [0.15, 0.2) is 0 Å². The van der Waals surface area contributed by atoms with E-state index in [0.717, 1.165) is 0 Å². The highest BCUT2D eigenvalue weighted by atomic mass is 32.2. The van der Waals surface area contributed by atoms with Gasteiger partial charge in [-0.1, -0.05) is 0 Å². The van der Waals surface area contributed by atoms with Crippen LogP contribution in [0.25, 0.3) is 0 Å². The van der Waals surface area contributed by atoms with Gasteiger partial charge in [-0.25, -0.2) is 8.42 Å². The monoisotopic (exact) mass is 200 g/mol. The molecule has 0 radical (unpaired) electrons. The lowest BCUT2D eigenvalue weighted by molar-refractivity contribution is 0.470. The minimum atomic E-state index is -4.15. The molecule has 0 aromatic rings. The van der Waals surface area contributed by atoms with E-state index in [2.05, 4.69) is 0 Å². The number of hydrogen-bond acceptors (Lipinski definition) is 4. The molecular formula is C4H8O5S2. The summed E-state index contributed by atoms with van der Waals surface area (Å²) in [5, 5.41) is -1.10. The number of sulfone groups is 1. The first-order valence-corrected chi connectivity index (χ1v) is 6.30.